The lowest BCUT2D eigenvalue weighted by atomic mass is 10.2. The Morgan fingerprint density at radius 3 is 2.78 bits per heavy atom. The van der Waals surface area contributed by atoms with E-state index in [4.69, 9.17) is 38.4 Å². The smallest absolute Gasteiger partial charge is 0.205 e. The summed E-state index contributed by atoms with van der Waals surface area (Å²) >= 11 is 13.5. The number of benzene rings is 2. The van der Waals surface area contributed by atoms with E-state index in [0.717, 1.165) is 11.1 Å². The maximum Gasteiger partial charge on any atom is 0.205 e. The van der Waals surface area contributed by atoms with Gasteiger partial charge < -0.3 is 15.2 Å². The minimum absolute atomic E-state index is 0.298. The Bertz CT molecular complexity index is 962. The topological polar surface area (TPSA) is 81.8 Å². The van der Waals surface area contributed by atoms with Crippen LogP contribution < -0.4 is 20.6 Å². The van der Waals surface area contributed by atoms with Gasteiger partial charge in [0, 0.05) is 21.0 Å². The second-order valence-corrected chi connectivity index (χ2v) is 7.08. The molecule has 3 rings (SSSR count). The number of thiazole rings is 1. The van der Waals surface area contributed by atoms with Gasteiger partial charge in [0.1, 0.15) is 12.4 Å². The molecule has 3 N–H and O–H groups in total. The van der Waals surface area contributed by atoms with Crippen molar-refractivity contribution in [3.8, 4) is 11.5 Å². The van der Waals surface area contributed by atoms with Crippen molar-refractivity contribution in [1.82, 2.24) is 4.98 Å². The van der Waals surface area contributed by atoms with E-state index < -0.39 is 0 Å². The zero-order chi connectivity index (χ0) is 19.2. The van der Waals surface area contributed by atoms with Crippen molar-refractivity contribution in [2.75, 3.05) is 18.3 Å². The highest BCUT2D eigenvalue weighted by Crippen LogP contribution is 2.30. The Kier molecular flexibility index (Phi) is 6.39. The molecule has 0 atom stereocenters. The van der Waals surface area contributed by atoms with Crippen LogP contribution in [-0.4, -0.2) is 18.3 Å². The Morgan fingerprint density at radius 2 is 2.07 bits per heavy atom. The average Bonchev–Trinajstić information content (AvgIpc) is 3.06. The van der Waals surface area contributed by atoms with Crippen molar-refractivity contribution in [2.45, 2.75) is 6.61 Å². The van der Waals surface area contributed by atoms with E-state index in [0.29, 0.717) is 39.1 Å². The van der Waals surface area contributed by atoms with Crippen molar-refractivity contribution in [1.29, 1.82) is 0 Å². The summed E-state index contributed by atoms with van der Waals surface area (Å²) in [5.41, 5.74) is 10.1. The maximum absolute atomic E-state index is 6.17. The number of rotatable bonds is 7. The molecule has 9 heteroatoms. The van der Waals surface area contributed by atoms with Gasteiger partial charge in [0.2, 0.25) is 5.13 Å². The lowest BCUT2D eigenvalue weighted by Crippen LogP contribution is -1.99. The highest BCUT2D eigenvalue weighted by molar-refractivity contribution is 7.14. The quantitative estimate of drug-likeness (QED) is 0.410. The number of nitrogen functional groups attached to an aromatic ring is 1. The molecule has 140 valence electrons. The largest absolute Gasteiger partial charge is 0.493 e. The summed E-state index contributed by atoms with van der Waals surface area (Å²) in [5.74, 6) is 1.64. The van der Waals surface area contributed by atoms with Gasteiger partial charge in [0.25, 0.3) is 0 Å². The van der Waals surface area contributed by atoms with E-state index in [1.54, 1.807) is 30.8 Å². The molecular weight excluding hydrogens is 407 g/mol. The second kappa shape index (κ2) is 8.94. The second-order valence-electron chi connectivity index (χ2n) is 5.38. The number of anilines is 2. The van der Waals surface area contributed by atoms with Crippen molar-refractivity contribution in [3.63, 3.8) is 0 Å². The number of aromatic nitrogens is 1. The van der Waals surface area contributed by atoms with Crippen molar-refractivity contribution < 1.29 is 9.47 Å². The first kappa shape index (κ1) is 19.3. The summed E-state index contributed by atoms with van der Waals surface area (Å²) < 4.78 is 11.2. The number of hydrogen-bond donors (Lipinski definition) is 2. The van der Waals surface area contributed by atoms with Crippen LogP contribution in [0.1, 0.15) is 11.1 Å². The molecule has 0 amide bonds. The van der Waals surface area contributed by atoms with E-state index in [1.165, 1.54) is 11.3 Å². The van der Waals surface area contributed by atoms with E-state index in [-0.39, 0.29) is 0 Å². The molecule has 2 aromatic carbocycles. The van der Waals surface area contributed by atoms with Gasteiger partial charge in [-0.2, -0.15) is 5.10 Å². The third kappa shape index (κ3) is 5.26. The molecule has 3 aromatic rings. The fourth-order valence-corrected chi connectivity index (χ4v) is 3.19. The number of halogens is 2. The molecule has 0 unspecified atom stereocenters. The predicted octanol–water partition coefficient (Wildman–Crippen LogP) is 5.07. The summed E-state index contributed by atoms with van der Waals surface area (Å²) in [6, 6.07) is 10.8. The molecule has 0 spiro atoms. The number of hydrogen-bond acceptors (Lipinski definition) is 7. The molecule has 0 radical (unpaired) electrons. The normalized spacial score (nSPS) is 10.9. The summed E-state index contributed by atoms with van der Waals surface area (Å²) in [5, 5.41) is 7.63. The van der Waals surface area contributed by atoms with Crippen LogP contribution in [0.4, 0.5) is 10.9 Å². The lowest BCUT2D eigenvalue weighted by Gasteiger charge is -2.12. The molecule has 6 nitrogen and oxygen atoms in total. The summed E-state index contributed by atoms with van der Waals surface area (Å²) in [7, 11) is 1.58. The van der Waals surface area contributed by atoms with Crippen molar-refractivity contribution >= 4 is 51.7 Å². The summed E-state index contributed by atoms with van der Waals surface area (Å²) in [4.78, 5) is 4.06. The molecule has 0 aliphatic carbocycles. The summed E-state index contributed by atoms with van der Waals surface area (Å²) in [6.07, 6.45) is 1.65. The molecule has 0 fully saturated rings. The number of ether oxygens (including phenoxy) is 2. The number of nitrogens with one attached hydrogen (secondary N) is 1. The Labute approximate surface area is 170 Å². The first-order valence-corrected chi connectivity index (χ1v) is 9.43. The number of nitrogens with two attached hydrogens (primary N) is 1. The zero-order valence-electron chi connectivity index (χ0n) is 14.3. The van der Waals surface area contributed by atoms with Crippen LogP contribution in [0, 0.1) is 0 Å². The van der Waals surface area contributed by atoms with E-state index >= 15 is 0 Å². The van der Waals surface area contributed by atoms with Gasteiger partial charge in [0.05, 0.1) is 13.3 Å². The third-order valence-electron chi connectivity index (χ3n) is 3.48. The fraction of sp³-hybridized carbons (Fsp3) is 0.111. The monoisotopic (exact) mass is 422 g/mol. The van der Waals surface area contributed by atoms with Crippen LogP contribution in [0.5, 0.6) is 11.5 Å². The van der Waals surface area contributed by atoms with Crippen LogP contribution in [0.15, 0.2) is 46.9 Å². The van der Waals surface area contributed by atoms with Gasteiger partial charge in [-0.25, -0.2) is 4.98 Å². The van der Waals surface area contributed by atoms with Gasteiger partial charge >= 0.3 is 0 Å². The molecule has 0 aliphatic rings. The Morgan fingerprint density at radius 1 is 1.22 bits per heavy atom. The predicted molar refractivity (Wildman–Crippen MR) is 112 cm³/mol. The average molecular weight is 423 g/mol. The minimum Gasteiger partial charge on any atom is -0.493 e. The molecule has 1 heterocycles. The zero-order valence-corrected chi connectivity index (χ0v) is 16.6. The van der Waals surface area contributed by atoms with Crippen LogP contribution in [-0.2, 0) is 6.61 Å². The van der Waals surface area contributed by atoms with Crippen LogP contribution in [0.2, 0.25) is 10.0 Å². The molecule has 27 heavy (non-hydrogen) atoms. The number of methoxy groups -OCH3 is 1. The van der Waals surface area contributed by atoms with Gasteiger partial charge in [-0.15, -0.1) is 11.3 Å². The first-order chi connectivity index (χ1) is 13.0. The Balaban J connectivity index is 1.66. The standard InChI is InChI=1S/C18H16Cl2N4O2S/c1-25-16-6-11(8-22-24-18-23-17(21)10-27-18)2-5-15(16)26-9-12-3-4-13(19)7-14(12)20/h2-8,10H,9,21H2,1H3,(H,23,24). The summed E-state index contributed by atoms with van der Waals surface area (Å²) in [6.45, 7) is 0.298. The molecule has 0 bridgehead atoms. The first-order valence-electron chi connectivity index (χ1n) is 7.80. The highest BCUT2D eigenvalue weighted by atomic mass is 35.5. The van der Waals surface area contributed by atoms with Crippen LogP contribution in [0.3, 0.4) is 0 Å². The van der Waals surface area contributed by atoms with E-state index in [9.17, 15) is 0 Å². The molecule has 0 saturated heterocycles. The molecular formula is C18H16Cl2N4O2S. The van der Waals surface area contributed by atoms with Crippen LogP contribution in [0.25, 0.3) is 0 Å². The van der Waals surface area contributed by atoms with Crippen LogP contribution >= 0.6 is 34.5 Å². The fourth-order valence-electron chi connectivity index (χ4n) is 2.18. The van der Waals surface area contributed by atoms with E-state index in [1.807, 2.05) is 24.3 Å². The van der Waals surface area contributed by atoms with Gasteiger partial charge in [-0.05, 0) is 35.9 Å². The highest BCUT2D eigenvalue weighted by Gasteiger charge is 2.08. The third-order valence-corrected chi connectivity index (χ3v) is 4.83. The SMILES string of the molecule is COc1cc(C=NNc2nc(N)cs2)ccc1OCc1ccc(Cl)cc1Cl. The minimum atomic E-state index is 0.298. The number of nitrogens with zero attached hydrogens (tertiary/aromatic N) is 2. The molecule has 0 saturated carbocycles. The van der Waals surface area contributed by atoms with Gasteiger partial charge in [-0.3, -0.25) is 5.43 Å². The van der Waals surface area contributed by atoms with Gasteiger partial charge in [-0.1, -0.05) is 29.3 Å². The van der Waals surface area contributed by atoms with Crippen molar-refractivity contribution in [2.24, 2.45) is 5.10 Å². The van der Waals surface area contributed by atoms with E-state index in [2.05, 4.69) is 15.5 Å². The van der Waals surface area contributed by atoms with Crippen molar-refractivity contribution in [3.05, 3.63) is 63.0 Å². The maximum atomic E-state index is 6.17. The molecule has 1 aromatic heterocycles. The lowest BCUT2D eigenvalue weighted by molar-refractivity contribution is 0.284. The Hall–Kier alpha value is -2.48. The molecule has 0 aliphatic heterocycles. The number of hydrazone groups is 1. The van der Waals surface area contributed by atoms with Gasteiger partial charge in [0.15, 0.2) is 11.5 Å².